The predicted molar refractivity (Wildman–Crippen MR) is 67.4 cm³/mol. The van der Waals surface area contributed by atoms with Gasteiger partial charge in [-0.15, -0.1) is 0 Å². The zero-order chi connectivity index (χ0) is 11.0. The Bertz CT molecular complexity index is 588. The van der Waals surface area contributed by atoms with Crippen molar-refractivity contribution < 1.29 is 0 Å². The molecule has 2 rings (SSSR count). The summed E-state index contributed by atoms with van der Waals surface area (Å²) in [6.07, 6.45) is 0. The van der Waals surface area contributed by atoms with Gasteiger partial charge in [0.2, 0.25) is 0 Å². The third-order valence-electron chi connectivity index (χ3n) is 2.41. The number of aryl methyl sites for hydroxylation is 2. The molecular formula is C13H11BrO. The molecule has 0 aromatic heterocycles. The van der Waals surface area contributed by atoms with Crippen LogP contribution in [0, 0.1) is 13.8 Å². The summed E-state index contributed by atoms with van der Waals surface area (Å²) in [5.41, 5.74) is 2.21. The molecule has 0 amide bonds. The average molecular weight is 263 g/mol. The highest BCUT2D eigenvalue weighted by molar-refractivity contribution is 9.10. The lowest BCUT2D eigenvalue weighted by molar-refractivity contribution is 1.48. The van der Waals surface area contributed by atoms with E-state index in [0.29, 0.717) is 0 Å². The van der Waals surface area contributed by atoms with Crippen molar-refractivity contribution >= 4 is 26.7 Å². The summed E-state index contributed by atoms with van der Waals surface area (Å²) >= 11 is 3.51. The maximum atomic E-state index is 11.8. The molecule has 0 spiro atoms. The van der Waals surface area contributed by atoms with Crippen molar-refractivity contribution in [3.8, 4) is 0 Å². The fraction of sp³-hybridized carbons (Fsp3) is 0.154. The van der Waals surface area contributed by atoms with Crippen LogP contribution in [-0.4, -0.2) is 0 Å². The van der Waals surface area contributed by atoms with Gasteiger partial charge in [-0.1, -0.05) is 39.7 Å². The van der Waals surface area contributed by atoms with E-state index in [4.69, 9.17) is 0 Å². The highest BCUT2D eigenvalue weighted by atomic mass is 79.9. The van der Waals surface area contributed by atoms with Crippen molar-refractivity contribution in [2.75, 3.05) is 0 Å². The Balaban J connectivity index is 3.07. The van der Waals surface area contributed by atoms with Crippen molar-refractivity contribution in [2.24, 2.45) is 0 Å². The van der Waals surface area contributed by atoms with Crippen LogP contribution in [0.1, 0.15) is 11.1 Å². The summed E-state index contributed by atoms with van der Waals surface area (Å²) in [5, 5.41) is 1.74. The molecule has 0 fully saturated rings. The third kappa shape index (κ3) is 1.95. The summed E-state index contributed by atoms with van der Waals surface area (Å²) in [5.74, 6) is 0. The van der Waals surface area contributed by atoms with Crippen molar-refractivity contribution in [1.82, 2.24) is 0 Å². The third-order valence-corrected chi connectivity index (χ3v) is 3.07. The van der Waals surface area contributed by atoms with Crippen molar-refractivity contribution in [3.05, 3.63) is 56.2 Å². The first kappa shape index (κ1) is 10.4. The molecule has 0 aliphatic rings. The monoisotopic (exact) mass is 262 g/mol. The first-order chi connectivity index (χ1) is 7.08. The first-order valence-corrected chi connectivity index (χ1v) is 5.58. The molecule has 0 unspecified atom stereocenters. The molecule has 0 heterocycles. The fourth-order valence-electron chi connectivity index (χ4n) is 1.67. The van der Waals surface area contributed by atoms with E-state index in [1.807, 2.05) is 38.1 Å². The van der Waals surface area contributed by atoms with Crippen LogP contribution < -0.4 is 5.43 Å². The summed E-state index contributed by atoms with van der Waals surface area (Å²) in [7, 11) is 0. The van der Waals surface area contributed by atoms with E-state index in [0.717, 1.165) is 26.4 Å². The van der Waals surface area contributed by atoms with Gasteiger partial charge in [0, 0.05) is 15.2 Å². The lowest BCUT2D eigenvalue weighted by Crippen LogP contribution is -1.95. The number of rotatable bonds is 0. The van der Waals surface area contributed by atoms with E-state index in [1.165, 1.54) is 0 Å². The van der Waals surface area contributed by atoms with Crippen LogP contribution in [0.3, 0.4) is 0 Å². The van der Waals surface area contributed by atoms with Crippen molar-refractivity contribution in [3.63, 3.8) is 0 Å². The van der Waals surface area contributed by atoms with Gasteiger partial charge in [-0.2, -0.15) is 0 Å². The van der Waals surface area contributed by atoms with Crippen LogP contribution in [0.2, 0.25) is 0 Å². The first-order valence-electron chi connectivity index (χ1n) is 4.79. The van der Waals surface area contributed by atoms with Gasteiger partial charge in [-0.25, -0.2) is 0 Å². The summed E-state index contributed by atoms with van der Waals surface area (Å²) in [6, 6.07) is 9.52. The predicted octanol–water partition coefficient (Wildman–Crippen LogP) is 3.58. The van der Waals surface area contributed by atoms with Crippen molar-refractivity contribution in [2.45, 2.75) is 13.8 Å². The molecule has 0 aliphatic heterocycles. The number of halogens is 1. The second-order valence-corrected chi connectivity index (χ2v) is 4.65. The van der Waals surface area contributed by atoms with Gasteiger partial charge in [-0.3, -0.25) is 4.79 Å². The average Bonchev–Trinajstić information content (AvgIpc) is 2.25. The molecule has 2 heteroatoms. The number of hydrogen-bond donors (Lipinski definition) is 0. The quantitative estimate of drug-likeness (QED) is 0.710. The Kier molecular flexibility index (Phi) is 2.61. The Morgan fingerprint density at radius 3 is 2.40 bits per heavy atom. The minimum Gasteiger partial charge on any atom is -0.289 e. The summed E-state index contributed by atoms with van der Waals surface area (Å²) < 4.78 is 0.973. The molecule has 2 aromatic rings. The fourth-order valence-corrected chi connectivity index (χ4v) is 2.36. The van der Waals surface area contributed by atoms with E-state index in [2.05, 4.69) is 15.9 Å². The topological polar surface area (TPSA) is 17.1 Å². The highest BCUT2D eigenvalue weighted by Crippen LogP contribution is 2.22. The van der Waals surface area contributed by atoms with E-state index in [9.17, 15) is 4.79 Å². The maximum absolute atomic E-state index is 11.8. The molecule has 0 bridgehead atoms. The summed E-state index contributed by atoms with van der Waals surface area (Å²) in [4.78, 5) is 11.8. The molecule has 0 radical (unpaired) electrons. The molecule has 0 saturated carbocycles. The van der Waals surface area contributed by atoms with Crippen LogP contribution in [0.25, 0.3) is 10.8 Å². The zero-order valence-electron chi connectivity index (χ0n) is 8.67. The molecule has 76 valence electrons. The van der Waals surface area contributed by atoms with Crippen LogP contribution in [0.15, 0.2) is 39.6 Å². The van der Waals surface area contributed by atoms with Crippen molar-refractivity contribution in [1.29, 1.82) is 0 Å². The molecule has 2 aromatic carbocycles. The minimum atomic E-state index is 0.0770. The molecule has 0 aliphatic carbocycles. The lowest BCUT2D eigenvalue weighted by atomic mass is 10.1. The largest absolute Gasteiger partial charge is 0.289 e. The molecule has 0 atom stereocenters. The van der Waals surface area contributed by atoms with Crippen LogP contribution in [0.4, 0.5) is 0 Å². The van der Waals surface area contributed by atoms with E-state index in [-0.39, 0.29) is 5.43 Å². The van der Waals surface area contributed by atoms with Gasteiger partial charge >= 0.3 is 0 Å². The Hall–Kier alpha value is -1.15. The second kappa shape index (κ2) is 3.78. The summed E-state index contributed by atoms with van der Waals surface area (Å²) in [6.45, 7) is 3.95. The number of fused-ring (bicyclic) bond motifs is 1. The van der Waals surface area contributed by atoms with Gasteiger partial charge in [0.05, 0.1) is 0 Å². The van der Waals surface area contributed by atoms with E-state index < -0.39 is 0 Å². The standard InChI is InChI=1S/C13H11BrO/c1-8-3-4-10-11(5-8)12(14)6-9(2)7-13(10)15/h3-7H,1-2H3. The van der Waals surface area contributed by atoms with Gasteiger partial charge in [0.15, 0.2) is 5.43 Å². The Morgan fingerprint density at radius 1 is 0.933 bits per heavy atom. The molecule has 1 nitrogen and oxygen atoms in total. The highest BCUT2D eigenvalue weighted by Gasteiger charge is 2.01. The number of benzene rings is 1. The van der Waals surface area contributed by atoms with Gasteiger partial charge in [0.25, 0.3) is 0 Å². The molecular weight excluding hydrogens is 252 g/mol. The van der Waals surface area contributed by atoms with Gasteiger partial charge in [-0.05, 0) is 31.5 Å². The lowest BCUT2D eigenvalue weighted by Gasteiger charge is -1.96. The van der Waals surface area contributed by atoms with Crippen LogP contribution >= 0.6 is 15.9 Å². The SMILES string of the molecule is Cc1cc(Br)c2cc(C)ccc2c(=O)c1. The second-order valence-electron chi connectivity index (χ2n) is 3.79. The maximum Gasteiger partial charge on any atom is 0.186 e. The van der Waals surface area contributed by atoms with E-state index in [1.54, 1.807) is 6.07 Å². The minimum absolute atomic E-state index is 0.0770. The Morgan fingerprint density at radius 2 is 1.67 bits per heavy atom. The smallest absolute Gasteiger partial charge is 0.186 e. The van der Waals surface area contributed by atoms with E-state index >= 15 is 0 Å². The van der Waals surface area contributed by atoms with Gasteiger partial charge < -0.3 is 0 Å². The van der Waals surface area contributed by atoms with Crippen LogP contribution in [-0.2, 0) is 0 Å². The van der Waals surface area contributed by atoms with Crippen LogP contribution in [0.5, 0.6) is 0 Å². The zero-order valence-corrected chi connectivity index (χ0v) is 10.3. The van der Waals surface area contributed by atoms with Gasteiger partial charge in [0.1, 0.15) is 0 Å². The number of hydrogen-bond acceptors (Lipinski definition) is 1. The Labute approximate surface area is 96.9 Å². The molecule has 0 N–H and O–H groups in total. The molecule has 15 heavy (non-hydrogen) atoms. The normalized spacial score (nSPS) is 10.6. The molecule has 0 saturated heterocycles.